The van der Waals surface area contributed by atoms with E-state index in [1.165, 1.54) is 0 Å². The number of halogens is 5. The molecule has 0 bridgehead atoms. The maximum Gasteiger partial charge on any atom is 0.466 e. The molecule has 0 fully saturated rings. The Labute approximate surface area is 145 Å². The van der Waals surface area contributed by atoms with Crippen molar-refractivity contribution in [3.8, 4) is 0 Å². The van der Waals surface area contributed by atoms with Crippen LogP contribution in [0.5, 0.6) is 0 Å². The van der Waals surface area contributed by atoms with E-state index < -0.39 is 45.8 Å². The lowest BCUT2D eigenvalue weighted by molar-refractivity contribution is -0.352. The Morgan fingerprint density at radius 3 is 2.15 bits per heavy atom. The van der Waals surface area contributed by atoms with Gasteiger partial charge in [0.2, 0.25) is 0 Å². The average molecular weight is 412 g/mol. The number of alkyl halides is 5. The molecule has 0 aliphatic carbocycles. The van der Waals surface area contributed by atoms with Gasteiger partial charge in [0.15, 0.2) is 10.1 Å². The minimum atomic E-state index is -6.42. The number of amides is 1. The molecule has 26 heavy (non-hydrogen) atoms. The Bertz CT molecular complexity index is 634. The maximum absolute atomic E-state index is 13.3. The first-order valence-electron chi connectivity index (χ1n) is 6.82. The molecule has 0 saturated carbocycles. The lowest BCUT2D eigenvalue weighted by Crippen LogP contribution is -2.62. The minimum Gasteiger partial charge on any atom is -0.743 e. The standard InChI is InChI=1S/C12H16F5NO7S/c1-3-5-6-18-9(20)11(12(15,16)17,25-8(19)4-2)24-7-10(13,14)26(21,22)23/h4H,2-3,5-7H2,1H3,(H,18,20)(H,21,22,23)/p-1. The van der Waals surface area contributed by atoms with Crippen molar-refractivity contribution in [2.75, 3.05) is 13.2 Å². The zero-order valence-corrected chi connectivity index (χ0v) is 14.1. The number of esters is 1. The van der Waals surface area contributed by atoms with Gasteiger partial charge in [0.05, 0.1) is 0 Å². The van der Waals surface area contributed by atoms with Crippen molar-refractivity contribution < 1.29 is 54.0 Å². The van der Waals surface area contributed by atoms with Crippen molar-refractivity contribution in [3.05, 3.63) is 12.7 Å². The van der Waals surface area contributed by atoms with Crippen LogP contribution in [0.2, 0.25) is 0 Å². The van der Waals surface area contributed by atoms with Crippen molar-refractivity contribution in [2.45, 2.75) is 37.0 Å². The fraction of sp³-hybridized carbons (Fsp3) is 0.667. The highest BCUT2D eigenvalue weighted by Crippen LogP contribution is 2.37. The second kappa shape index (κ2) is 8.73. The molecule has 14 heteroatoms. The van der Waals surface area contributed by atoms with Gasteiger partial charge in [0.1, 0.15) is 6.61 Å². The van der Waals surface area contributed by atoms with Gasteiger partial charge in [-0.15, -0.1) is 0 Å². The lowest BCUT2D eigenvalue weighted by Gasteiger charge is -2.34. The Balaban J connectivity index is 5.91. The quantitative estimate of drug-likeness (QED) is 0.142. The summed E-state index contributed by atoms with van der Waals surface area (Å²) >= 11 is 0. The molecule has 1 atom stereocenters. The van der Waals surface area contributed by atoms with Gasteiger partial charge in [-0.3, -0.25) is 4.79 Å². The van der Waals surface area contributed by atoms with Crippen LogP contribution in [0.1, 0.15) is 19.8 Å². The van der Waals surface area contributed by atoms with Crippen molar-refractivity contribution in [1.29, 1.82) is 0 Å². The predicted molar refractivity (Wildman–Crippen MR) is 73.6 cm³/mol. The molecule has 0 aromatic heterocycles. The molecular weight excluding hydrogens is 397 g/mol. The van der Waals surface area contributed by atoms with Gasteiger partial charge >= 0.3 is 29.1 Å². The molecule has 152 valence electrons. The molecule has 0 aromatic carbocycles. The predicted octanol–water partition coefficient (Wildman–Crippen LogP) is 1.05. The van der Waals surface area contributed by atoms with Crippen LogP contribution < -0.4 is 5.32 Å². The van der Waals surface area contributed by atoms with Gasteiger partial charge in [0, 0.05) is 12.6 Å². The molecule has 1 unspecified atom stereocenters. The van der Waals surface area contributed by atoms with Crippen molar-refractivity contribution in [2.24, 2.45) is 0 Å². The molecular formula is C12H15F5NO7S-. The van der Waals surface area contributed by atoms with Crippen LogP contribution in [0.4, 0.5) is 22.0 Å². The van der Waals surface area contributed by atoms with E-state index >= 15 is 0 Å². The molecule has 0 heterocycles. The third-order valence-corrected chi connectivity index (χ3v) is 3.56. The molecule has 8 nitrogen and oxygen atoms in total. The molecule has 0 rings (SSSR count). The van der Waals surface area contributed by atoms with Crippen molar-refractivity contribution >= 4 is 22.0 Å². The topological polar surface area (TPSA) is 122 Å². The number of carbonyl (C=O) groups is 2. The molecule has 0 aromatic rings. The first-order chi connectivity index (χ1) is 11.6. The molecule has 1 amide bonds. The zero-order valence-electron chi connectivity index (χ0n) is 13.3. The molecule has 0 radical (unpaired) electrons. The van der Waals surface area contributed by atoms with E-state index in [0.717, 1.165) is 0 Å². The third-order valence-electron chi connectivity index (χ3n) is 2.71. The van der Waals surface area contributed by atoms with Crippen molar-refractivity contribution in [1.82, 2.24) is 5.32 Å². The SMILES string of the molecule is C=CC(=O)OC(OCC(F)(F)S(=O)(=O)[O-])(C(=O)NCCCC)C(F)(F)F. The number of nitrogens with one attached hydrogen (secondary N) is 1. The Morgan fingerprint density at radius 2 is 1.77 bits per heavy atom. The Kier molecular flexibility index (Phi) is 8.12. The van der Waals surface area contributed by atoms with E-state index in [2.05, 4.69) is 16.1 Å². The first-order valence-corrected chi connectivity index (χ1v) is 8.23. The number of ether oxygens (including phenoxy) is 2. The highest BCUT2D eigenvalue weighted by Gasteiger charge is 2.67. The second-order valence-corrected chi connectivity index (χ2v) is 6.23. The smallest absolute Gasteiger partial charge is 0.466 e. The van der Waals surface area contributed by atoms with Gasteiger partial charge < -0.3 is 19.3 Å². The maximum atomic E-state index is 13.3. The summed E-state index contributed by atoms with van der Waals surface area (Å²) in [5.41, 5.74) is 0. The molecule has 0 spiro atoms. The highest BCUT2D eigenvalue weighted by molar-refractivity contribution is 7.86. The molecule has 0 aliphatic rings. The summed E-state index contributed by atoms with van der Waals surface area (Å²) in [6.07, 6.45) is -5.10. The zero-order chi connectivity index (χ0) is 20.8. The monoisotopic (exact) mass is 412 g/mol. The summed E-state index contributed by atoms with van der Waals surface area (Å²) in [6, 6.07) is 0. The molecule has 0 saturated heterocycles. The number of rotatable bonds is 10. The van der Waals surface area contributed by atoms with Crippen LogP contribution in [0.25, 0.3) is 0 Å². The Hall–Kier alpha value is -1.80. The van der Waals surface area contributed by atoms with Crippen LogP contribution in [0.15, 0.2) is 12.7 Å². The van der Waals surface area contributed by atoms with E-state index in [1.807, 2.05) is 0 Å². The van der Waals surface area contributed by atoms with Gasteiger partial charge in [0.25, 0.3) is 0 Å². The number of carbonyl (C=O) groups excluding carboxylic acids is 2. The molecule has 1 N–H and O–H groups in total. The van der Waals surface area contributed by atoms with Gasteiger partial charge in [-0.05, 0) is 6.42 Å². The fourth-order valence-corrected chi connectivity index (χ4v) is 1.55. The van der Waals surface area contributed by atoms with E-state index in [4.69, 9.17) is 0 Å². The minimum absolute atomic E-state index is 0.181. The lowest BCUT2D eigenvalue weighted by atomic mass is 10.2. The third kappa shape index (κ3) is 5.88. The summed E-state index contributed by atoms with van der Waals surface area (Å²) in [5.74, 6) is -8.67. The second-order valence-electron chi connectivity index (χ2n) is 4.73. The van der Waals surface area contributed by atoms with E-state index in [9.17, 15) is 44.5 Å². The molecule has 0 aliphatic heterocycles. The normalized spacial score (nSPS) is 15.0. The largest absolute Gasteiger partial charge is 0.743 e. The summed E-state index contributed by atoms with van der Waals surface area (Å²) < 4.78 is 105. The fourth-order valence-electron chi connectivity index (χ4n) is 1.35. The van der Waals surface area contributed by atoms with Crippen LogP contribution in [0.3, 0.4) is 0 Å². The van der Waals surface area contributed by atoms with Crippen LogP contribution in [0, 0.1) is 0 Å². The van der Waals surface area contributed by atoms with E-state index in [0.29, 0.717) is 6.42 Å². The number of hydrogen-bond acceptors (Lipinski definition) is 7. The van der Waals surface area contributed by atoms with Gasteiger partial charge in [-0.1, -0.05) is 19.9 Å². The first kappa shape index (κ1) is 24.2. The van der Waals surface area contributed by atoms with E-state index in [-0.39, 0.29) is 19.0 Å². The van der Waals surface area contributed by atoms with Crippen LogP contribution >= 0.6 is 0 Å². The average Bonchev–Trinajstić information content (AvgIpc) is 2.48. The number of unbranched alkanes of at least 4 members (excludes halogenated alkanes) is 1. The summed E-state index contributed by atoms with van der Waals surface area (Å²) in [5, 5.41) is -3.66. The van der Waals surface area contributed by atoms with Gasteiger partial charge in [-0.2, -0.15) is 22.0 Å². The number of hydrogen-bond donors (Lipinski definition) is 1. The van der Waals surface area contributed by atoms with Crippen molar-refractivity contribution in [3.63, 3.8) is 0 Å². The highest BCUT2D eigenvalue weighted by atomic mass is 32.2. The van der Waals surface area contributed by atoms with Crippen LogP contribution in [-0.2, 0) is 29.2 Å². The summed E-state index contributed by atoms with van der Waals surface area (Å²) in [7, 11) is -6.42. The summed E-state index contributed by atoms with van der Waals surface area (Å²) in [6.45, 7) is 1.36. The summed E-state index contributed by atoms with van der Waals surface area (Å²) in [4.78, 5) is 23.0. The van der Waals surface area contributed by atoms with E-state index in [1.54, 1.807) is 12.2 Å². The van der Waals surface area contributed by atoms with Gasteiger partial charge in [-0.25, -0.2) is 13.2 Å². The van der Waals surface area contributed by atoms with Crippen LogP contribution in [-0.4, -0.2) is 55.2 Å². The Morgan fingerprint density at radius 1 is 1.23 bits per heavy atom.